The predicted molar refractivity (Wildman–Crippen MR) is 83.2 cm³/mol. The first-order valence-corrected chi connectivity index (χ1v) is 8.28. The van der Waals surface area contributed by atoms with E-state index >= 15 is 0 Å². The number of thioether (sulfide) groups is 1. The number of ketones is 1. The van der Waals surface area contributed by atoms with Crippen LogP contribution in [-0.2, 0) is 6.42 Å². The van der Waals surface area contributed by atoms with Crippen LogP contribution >= 0.6 is 27.7 Å². The van der Waals surface area contributed by atoms with Gasteiger partial charge >= 0.3 is 0 Å². The Balaban J connectivity index is 2.04. The number of carbonyl (C=O) groups excluding carboxylic acids is 1. The zero-order valence-corrected chi connectivity index (χ0v) is 13.5. The summed E-state index contributed by atoms with van der Waals surface area (Å²) in [7, 11) is 0. The quantitative estimate of drug-likeness (QED) is 0.752. The van der Waals surface area contributed by atoms with Crippen LogP contribution in [0.2, 0.25) is 0 Å². The van der Waals surface area contributed by atoms with Gasteiger partial charge in [0.25, 0.3) is 0 Å². The second kappa shape index (κ2) is 5.77. The summed E-state index contributed by atoms with van der Waals surface area (Å²) in [5, 5.41) is 0. The molecule has 108 valence electrons. The number of nitrogens with zero attached hydrogens (tertiary/aromatic N) is 1. The lowest BCUT2D eigenvalue weighted by molar-refractivity contribution is 0.0896. The molecule has 21 heavy (non-hydrogen) atoms. The molecule has 0 saturated heterocycles. The number of ether oxygens (including phenoxy) is 1. The van der Waals surface area contributed by atoms with Crippen molar-refractivity contribution in [2.45, 2.75) is 17.5 Å². The average molecular weight is 368 g/mol. The molecule has 2 aromatic rings. The number of halogens is 2. The molecule has 1 atom stereocenters. The molecule has 0 unspecified atom stereocenters. The third-order valence-corrected chi connectivity index (χ3v) is 4.49. The van der Waals surface area contributed by atoms with Crippen LogP contribution in [0.4, 0.5) is 4.39 Å². The fourth-order valence-electron chi connectivity index (χ4n) is 2.35. The van der Waals surface area contributed by atoms with E-state index < -0.39 is 12.0 Å². The van der Waals surface area contributed by atoms with Crippen molar-refractivity contribution in [3.63, 3.8) is 0 Å². The lowest BCUT2D eigenvalue weighted by atomic mass is 10.1. The van der Waals surface area contributed by atoms with Crippen LogP contribution in [0.3, 0.4) is 0 Å². The smallest absolute Gasteiger partial charge is 0.198 e. The van der Waals surface area contributed by atoms with Gasteiger partial charge in [0, 0.05) is 33.1 Å². The average Bonchev–Trinajstić information content (AvgIpc) is 2.76. The van der Waals surface area contributed by atoms with Crippen molar-refractivity contribution >= 4 is 33.5 Å². The van der Waals surface area contributed by atoms with Crippen LogP contribution in [0.5, 0.6) is 11.5 Å². The van der Waals surface area contributed by atoms with Crippen LogP contribution in [0.25, 0.3) is 0 Å². The Morgan fingerprint density at radius 3 is 2.95 bits per heavy atom. The van der Waals surface area contributed by atoms with Crippen LogP contribution in [0.15, 0.2) is 40.0 Å². The number of carbonyl (C=O) groups is 1. The maximum atomic E-state index is 13.8. The second-order valence-corrected chi connectivity index (χ2v) is 6.36. The molecule has 1 aliphatic rings. The zero-order valence-electron chi connectivity index (χ0n) is 11.1. The number of pyridine rings is 1. The number of hydrogen-bond donors (Lipinski definition) is 0. The molecule has 0 amide bonds. The number of fused-ring (bicyclic) bond motifs is 1. The number of benzene rings is 1. The molecule has 0 aliphatic heterocycles. The van der Waals surface area contributed by atoms with Gasteiger partial charge in [0.1, 0.15) is 11.5 Å². The standard InChI is InChI=1S/C15H11BrFNO2S/c1-21-13-3-2-12(10-5-11(17)15(19)14(10)13)20-9-4-8(16)6-18-7-9/h2-4,6-7,11H,5H2,1H3/t11-/m1/s1. The maximum Gasteiger partial charge on any atom is 0.198 e. The van der Waals surface area contributed by atoms with Gasteiger partial charge in [-0.1, -0.05) is 0 Å². The molecule has 1 heterocycles. The Bertz CT molecular complexity index is 723. The number of Topliss-reactive ketones (excluding diaryl/α,β-unsaturated/α-hetero) is 1. The van der Waals surface area contributed by atoms with Gasteiger partial charge in [-0.2, -0.15) is 0 Å². The minimum Gasteiger partial charge on any atom is -0.455 e. The van der Waals surface area contributed by atoms with Gasteiger partial charge < -0.3 is 4.74 Å². The molecule has 0 bridgehead atoms. The van der Waals surface area contributed by atoms with E-state index in [0.29, 0.717) is 22.6 Å². The van der Waals surface area contributed by atoms with Crippen molar-refractivity contribution < 1.29 is 13.9 Å². The molecular formula is C15H11BrFNO2S. The summed E-state index contributed by atoms with van der Waals surface area (Å²) in [6.07, 6.45) is 3.68. The van der Waals surface area contributed by atoms with E-state index in [1.165, 1.54) is 11.8 Å². The van der Waals surface area contributed by atoms with E-state index in [4.69, 9.17) is 4.74 Å². The molecule has 3 rings (SSSR count). The molecule has 0 spiro atoms. The van der Waals surface area contributed by atoms with Crippen molar-refractivity contribution in [3.8, 4) is 11.5 Å². The predicted octanol–water partition coefficient (Wildman–Crippen LogP) is 4.44. The number of aromatic nitrogens is 1. The lowest BCUT2D eigenvalue weighted by Gasteiger charge is -2.12. The summed E-state index contributed by atoms with van der Waals surface area (Å²) in [5.41, 5.74) is 1.09. The molecule has 0 N–H and O–H groups in total. The van der Waals surface area contributed by atoms with Crippen LogP contribution in [0, 0.1) is 0 Å². The normalized spacial score (nSPS) is 16.9. The summed E-state index contributed by atoms with van der Waals surface area (Å²) in [5.74, 6) is 0.599. The van der Waals surface area contributed by atoms with Crippen molar-refractivity contribution in [2.24, 2.45) is 0 Å². The highest BCUT2D eigenvalue weighted by Crippen LogP contribution is 2.39. The molecule has 1 aromatic carbocycles. The van der Waals surface area contributed by atoms with Gasteiger partial charge in [-0.25, -0.2) is 4.39 Å². The van der Waals surface area contributed by atoms with Gasteiger partial charge in [-0.05, 0) is 40.4 Å². The topological polar surface area (TPSA) is 39.2 Å². The highest BCUT2D eigenvalue weighted by atomic mass is 79.9. The maximum absolute atomic E-state index is 13.8. The Morgan fingerprint density at radius 2 is 2.24 bits per heavy atom. The number of alkyl halides is 1. The zero-order chi connectivity index (χ0) is 15.0. The SMILES string of the molecule is CSc1ccc(Oc2cncc(Br)c2)c2c1C(=O)[C@H](F)C2. The van der Waals surface area contributed by atoms with E-state index in [2.05, 4.69) is 20.9 Å². The third kappa shape index (κ3) is 2.70. The van der Waals surface area contributed by atoms with E-state index in [9.17, 15) is 9.18 Å². The van der Waals surface area contributed by atoms with Crippen molar-refractivity contribution in [1.29, 1.82) is 0 Å². The molecule has 1 aromatic heterocycles. The van der Waals surface area contributed by atoms with Crippen molar-refractivity contribution in [2.75, 3.05) is 6.26 Å². The van der Waals surface area contributed by atoms with Crippen LogP contribution in [-0.4, -0.2) is 23.2 Å². The molecule has 0 fully saturated rings. The van der Waals surface area contributed by atoms with Crippen LogP contribution in [0.1, 0.15) is 15.9 Å². The minimum atomic E-state index is -1.48. The number of hydrogen-bond acceptors (Lipinski definition) is 4. The van der Waals surface area contributed by atoms with Gasteiger partial charge in [0.05, 0.1) is 6.20 Å². The molecule has 6 heteroatoms. The minimum absolute atomic E-state index is 0.0688. The summed E-state index contributed by atoms with van der Waals surface area (Å²) < 4.78 is 20.3. The van der Waals surface area contributed by atoms with Crippen molar-refractivity contribution in [3.05, 3.63) is 46.2 Å². The molecule has 3 nitrogen and oxygen atoms in total. The van der Waals surface area contributed by atoms with Gasteiger partial charge in [-0.3, -0.25) is 9.78 Å². The molecule has 1 aliphatic carbocycles. The molecule has 0 radical (unpaired) electrons. The van der Waals surface area contributed by atoms with E-state index in [0.717, 1.165) is 9.37 Å². The van der Waals surface area contributed by atoms with Gasteiger partial charge in [0.2, 0.25) is 0 Å². The van der Waals surface area contributed by atoms with E-state index in [1.807, 2.05) is 6.26 Å². The highest BCUT2D eigenvalue weighted by Gasteiger charge is 2.35. The summed E-state index contributed by atoms with van der Waals surface area (Å²) >= 11 is 4.75. The third-order valence-electron chi connectivity index (χ3n) is 3.27. The Morgan fingerprint density at radius 1 is 1.43 bits per heavy atom. The van der Waals surface area contributed by atoms with E-state index in [-0.39, 0.29) is 6.42 Å². The monoisotopic (exact) mass is 367 g/mol. The Labute approximate surface area is 134 Å². The van der Waals surface area contributed by atoms with Gasteiger partial charge in [0.15, 0.2) is 12.0 Å². The molecular weight excluding hydrogens is 357 g/mol. The summed E-state index contributed by atoms with van der Waals surface area (Å²) in [6, 6.07) is 5.34. The Kier molecular flexibility index (Phi) is 3.99. The first-order valence-electron chi connectivity index (χ1n) is 6.26. The summed E-state index contributed by atoms with van der Waals surface area (Å²) in [6.45, 7) is 0. The molecule has 0 saturated carbocycles. The Hall–Kier alpha value is -1.40. The first-order chi connectivity index (χ1) is 10.1. The lowest BCUT2D eigenvalue weighted by Crippen LogP contribution is -2.08. The summed E-state index contributed by atoms with van der Waals surface area (Å²) in [4.78, 5) is 16.8. The van der Waals surface area contributed by atoms with E-state index in [1.54, 1.807) is 30.6 Å². The van der Waals surface area contributed by atoms with Gasteiger partial charge in [-0.15, -0.1) is 11.8 Å². The fraction of sp³-hybridized carbons (Fsp3) is 0.200. The van der Waals surface area contributed by atoms with Crippen LogP contribution < -0.4 is 4.74 Å². The first kappa shape index (κ1) is 14.5. The second-order valence-electron chi connectivity index (χ2n) is 4.60. The fourth-order valence-corrected chi connectivity index (χ4v) is 3.33. The highest BCUT2D eigenvalue weighted by molar-refractivity contribution is 9.10. The van der Waals surface area contributed by atoms with Crippen molar-refractivity contribution in [1.82, 2.24) is 4.98 Å². The largest absolute Gasteiger partial charge is 0.455 e. The number of rotatable bonds is 3.